The van der Waals surface area contributed by atoms with Crippen molar-refractivity contribution >= 4 is 17.4 Å². The van der Waals surface area contributed by atoms with Crippen LogP contribution in [0.15, 0.2) is 84.9 Å². The molecule has 3 aromatic rings. The second-order valence-electron chi connectivity index (χ2n) is 5.90. The van der Waals surface area contributed by atoms with E-state index in [4.69, 9.17) is 16.3 Å². The van der Waals surface area contributed by atoms with Crippen molar-refractivity contribution in [3.8, 4) is 5.75 Å². The highest BCUT2D eigenvalue weighted by atomic mass is 35.5. The van der Waals surface area contributed by atoms with Crippen molar-refractivity contribution in [2.75, 3.05) is 7.05 Å². The minimum absolute atomic E-state index is 0.0241. The number of likely N-dealkylation sites (N-methyl/N-ethyl adjacent to an activating group) is 1. The monoisotopic (exact) mass is 365 g/mol. The molecule has 0 saturated heterocycles. The van der Waals surface area contributed by atoms with Gasteiger partial charge in [-0.05, 0) is 36.9 Å². The van der Waals surface area contributed by atoms with Gasteiger partial charge in [0, 0.05) is 10.6 Å². The van der Waals surface area contributed by atoms with Crippen LogP contribution < -0.4 is 10.1 Å². The summed E-state index contributed by atoms with van der Waals surface area (Å²) in [6.07, 6.45) is -0.493. The number of Topliss-reactive ketones (excluding diaryl/α,β-unsaturated/α-hetero) is 1. The summed E-state index contributed by atoms with van der Waals surface area (Å²) >= 11 is 6.03. The zero-order valence-electron chi connectivity index (χ0n) is 14.4. The number of para-hydroxylation sites is 1. The quantitative estimate of drug-likeness (QED) is 0.603. The normalized spacial score (nSPS) is 13.0. The van der Waals surface area contributed by atoms with Crippen molar-refractivity contribution in [2.45, 2.75) is 12.1 Å². The molecule has 0 saturated carbocycles. The second-order valence-corrected chi connectivity index (χ2v) is 6.34. The molecule has 0 radical (unpaired) electrons. The Labute approximate surface area is 158 Å². The molecule has 0 heterocycles. The molecule has 0 unspecified atom stereocenters. The maximum atomic E-state index is 13.1. The highest BCUT2D eigenvalue weighted by molar-refractivity contribution is 6.30. The van der Waals surface area contributed by atoms with Crippen LogP contribution in [-0.2, 0) is 0 Å². The van der Waals surface area contributed by atoms with Crippen LogP contribution in [0.1, 0.15) is 22.0 Å². The Morgan fingerprint density at radius 2 is 1.46 bits per heavy atom. The molecule has 0 bridgehead atoms. The number of carbonyl (C=O) groups is 1. The average Bonchev–Trinajstić information content (AvgIpc) is 2.70. The van der Waals surface area contributed by atoms with Gasteiger partial charge in [0.2, 0.25) is 0 Å². The van der Waals surface area contributed by atoms with Crippen LogP contribution in [-0.4, -0.2) is 18.9 Å². The Hall–Kier alpha value is -2.62. The minimum Gasteiger partial charge on any atom is -0.484 e. The number of halogens is 1. The molecule has 26 heavy (non-hydrogen) atoms. The topological polar surface area (TPSA) is 38.3 Å². The van der Waals surface area contributed by atoms with E-state index in [1.165, 1.54) is 0 Å². The number of nitrogens with one attached hydrogen (secondary N) is 1. The van der Waals surface area contributed by atoms with Crippen LogP contribution in [0.3, 0.4) is 0 Å². The third-order valence-electron chi connectivity index (χ3n) is 4.16. The standard InChI is InChI=1S/C22H20ClNO2/c1-24-20(21(25)16-8-4-2-5-9-16)22(17-12-14-18(23)15-13-17)26-19-10-6-3-7-11-19/h2-15,20,22,24H,1H3/t20-,22+/m0/s1. The minimum atomic E-state index is -0.543. The summed E-state index contributed by atoms with van der Waals surface area (Å²) in [5, 5.41) is 3.77. The Balaban J connectivity index is 1.97. The lowest BCUT2D eigenvalue weighted by atomic mass is 9.94. The summed E-state index contributed by atoms with van der Waals surface area (Å²) in [5.41, 5.74) is 1.52. The molecule has 3 nitrogen and oxygen atoms in total. The first-order valence-electron chi connectivity index (χ1n) is 8.43. The van der Waals surface area contributed by atoms with Gasteiger partial charge in [-0.1, -0.05) is 72.3 Å². The van der Waals surface area contributed by atoms with Crippen LogP contribution >= 0.6 is 11.6 Å². The highest BCUT2D eigenvalue weighted by Gasteiger charge is 2.31. The Bertz CT molecular complexity index is 835. The van der Waals surface area contributed by atoms with E-state index < -0.39 is 12.1 Å². The van der Waals surface area contributed by atoms with Crippen molar-refractivity contribution in [2.24, 2.45) is 0 Å². The van der Waals surface area contributed by atoms with Crippen molar-refractivity contribution in [1.29, 1.82) is 0 Å². The smallest absolute Gasteiger partial charge is 0.183 e. The van der Waals surface area contributed by atoms with Gasteiger partial charge >= 0.3 is 0 Å². The van der Waals surface area contributed by atoms with Crippen molar-refractivity contribution in [3.05, 3.63) is 101 Å². The Morgan fingerprint density at radius 3 is 2.04 bits per heavy atom. The third-order valence-corrected chi connectivity index (χ3v) is 4.41. The zero-order valence-corrected chi connectivity index (χ0v) is 15.2. The lowest BCUT2D eigenvalue weighted by Crippen LogP contribution is -2.42. The van der Waals surface area contributed by atoms with Gasteiger partial charge in [-0.25, -0.2) is 0 Å². The van der Waals surface area contributed by atoms with Gasteiger partial charge in [-0.3, -0.25) is 4.79 Å². The van der Waals surface area contributed by atoms with E-state index >= 15 is 0 Å². The Kier molecular flexibility index (Phi) is 6.05. The summed E-state index contributed by atoms with van der Waals surface area (Å²) in [4.78, 5) is 13.1. The van der Waals surface area contributed by atoms with Crippen LogP contribution in [0.5, 0.6) is 5.75 Å². The van der Waals surface area contributed by atoms with Crippen molar-refractivity contribution < 1.29 is 9.53 Å². The molecular weight excluding hydrogens is 346 g/mol. The molecule has 3 aromatic carbocycles. The Morgan fingerprint density at radius 1 is 0.885 bits per heavy atom. The molecule has 0 aliphatic rings. The fraction of sp³-hybridized carbons (Fsp3) is 0.136. The number of ketones is 1. The van der Waals surface area contributed by atoms with Gasteiger partial charge in [0.25, 0.3) is 0 Å². The molecular formula is C22H20ClNO2. The maximum Gasteiger partial charge on any atom is 0.183 e. The van der Waals surface area contributed by atoms with E-state index in [0.717, 1.165) is 5.56 Å². The van der Waals surface area contributed by atoms with Gasteiger partial charge in [-0.2, -0.15) is 0 Å². The van der Waals surface area contributed by atoms with E-state index in [9.17, 15) is 4.79 Å². The van der Waals surface area contributed by atoms with Crippen LogP contribution in [0, 0.1) is 0 Å². The van der Waals surface area contributed by atoms with Gasteiger partial charge < -0.3 is 10.1 Å². The molecule has 4 heteroatoms. The van der Waals surface area contributed by atoms with E-state index in [1.807, 2.05) is 72.8 Å². The SMILES string of the molecule is CN[C@@H](C(=O)c1ccccc1)[C@H](Oc1ccccc1)c1ccc(Cl)cc1. The van der Waals surface area contributed by atoms with Gasteiger partial charge in [-0.15, -0.1) is 0 Å². The molecule has 0 spiro atoms. The predicted molar refractivity (Wildman–Crippen MR) is 105 cm³/mol. The van der Waals surface area contributed by atoms with Crippen LogP contribution in [0.25, 0.3) is 0 Å². The number of rotatable bonds is 7. The number of hydrogen-bond donors (Lipinski definition) is 1. The van der Waals surface area contributed by atoms with Crippen molar-refractivity contribution in [3.63, 3.8) is 0 Å². The predicted octanol–water partition coefficient (Wildman–Crippen LogP) is 4.93. The van der Waals surface area contributed by atoms with E-state index in [1.54, 1.807) is 19.2 Å². The first-order chi connectivity index (χ1) is 12.7. The summed E-state index contributed by atoms with van der Waals surface area (Å²) in [5.74, 6) is 0.678. The van der Waals surface area contributed by atoms with Gasteiger partial charge in [0.1, 0.15) is 17.9 Å². The number of hydrogen-bond acceptors (Lipinski definition) is 3. The zero-order chi connectivity index (χ0) is 18.4. The summed E-state index contributed by atoms with van der Waals surface area (Å²) in [6.45, 7) is 0. The number of ether oxygens (including phenoxy) is 1. The van der Waals surface area contributed by atoms with Crippen LogP contribution in [0.4, 0.5) is 0 Å². The van der Waals surface area contributed by atoms with Gasteiger partial charge in [0.05, 0.1) is 0 Å². The molecule has 132 valence electrons. The fourth-order valence-corrected chi connectivity index (χ4v) is 2.95. The molecule has 0 aliphatic carbocycles. The van der Waals surface area contributed by atoms with E-state index in [-0.39, 0.29) is 5.78 Å². The molecule has 0 aromatic heterocycles. The first-order valence-corrected chi connectivity index (χ1v) is 8.80. The maximum absolute atomic E-state index is 13.1. The summed E-state index contributed by atoms with van der Waals surface area (Å²) < 4.78 is 6.21. The fourth-order valence-electron chi connectivity index (χ4n) is 2.83. The average molecular weight is 366 g/mol. The van der Waals surface area contributed by atoms with E-state index in [2.05, 4.69) is 5.32 Å². The van der Waals surface area contributed by atoms with Crippen LogP contribution in [0.2, 0.25) is 5.02 Å². The number of carbonyl (C=O) groups excluding carboxylic acids is 1. The highest BCUT2D eigenvalue weighted by Crippen LogP contribution is 2.27. The molecule has 0 aliphatic heterocycles. The molecule has 1 N–H and O–H groups in total. The molecule has 3 rings (SSSR count). The lowest BCUT2D eigenvalue weighted by Gasteiger charge is -2.27. The molecule has 0 amide bonds. The molecule has 2 atom stereocenters. The molecule has 0 fully saturated rings. The number of benzene rings is 3. The summed E-state index contributed by atoms with van der Waals surface area (Å²) in [7, 11) is 1.77. The largest absolute Gasteiger partial charge is 0.484 e. The lowest BCUT2D eigenvalue weighted by molar-refractivity contribution is 0.0819. The first kappa shape index (κ1) is 18.2. The van der Waals surface area contributed by atoms with Crippen molar-refractivity contribution in [1.82, 2.24) is 5.32 Å². The van der Waals surface area contributed by atoms with Gasteiger partial charge in [0.15, 0.2) is 5.78 Å². The van der Waals surface area contributed by atoms with E-state index in [0.29, 0.717) is 16.3 Å². The third kappa shape index (κ3) is 4.31. The summed E-state index contributed by atoms with van der Waals surface area (Å²) in [6, 6.07) is 25.6. The second kappa shape index (κ2) is 8.65.